The minimum atomic E-state index is -0.279. The van der Waals surface area contributed by atoms with E-state index in [9.17, 15) is 4.39 Å². The van der Waals surface area contributed by atoms with Crippen molar-refractivity contribution in [2.45, 2.75) is 13.8 Å². The standard InChI is InChI=1S/C11H15FN2/c1-8(2)5-6-14-11-7-9(12)3-4-10(11)13/h3-5,7,14H,6,13H2,1-2H3. The molecule has 1 rings (SSSR count). The van der Waals surface area contributed by atoms with Gasteiger partial charge in [0.1, 0.15) is 5.82 Å². The molecule has 0 atom stereocenters. The van der Waals surface area contributed by atoms with Gasteiger partial charge in [0.2, 0.25) is 0 Å². The first-order valence-electron chi connectivity index (χ1n) is 4.52. The summed E-state index contributed by atoms with van der Waals surface area (Å²) in [5, 5.41) is 3.04. The van der Waals surface area contributed by atoms with Crippen molar-refractivity contribution in [3.63, 3.8) is 0 Å². The second-order valence-electron chi connectivity index (χ2n) is 3.39. The Morgan fingerprint density at radius 3 is 2.86 bits per heavy atom. The van der Waals surface area contributed by atoms with Gasteiger partial charge >= 0.3 is 0 Å². The summed E-state index contributed by atoms with van der Waals surface area (Å²) in [6, 6.07) is 4.30. The third-order valence-electron chi connectivity index (χ3n) is 1.82. The molecule has 0 unspecified atom stereocenters. The van der Waals surface area contributed by atoms with E-state index >= 15 is 0 Å². The lowest BCUT2D eigenvalue weighted by Crippen LogP contribution is -2.02. The van der Waals surface area contributed by atoms with E-state index in [4.69, 9.17) is 5.73 Å². The van der Waals surface area contributed by atoms with Gasteiger partial charge in [0.25, 0.3) is 0 Å². The van der Waals surface area contributed by atoms with Crippen LogP contribution in [0.3, 0.4) is 0 Å². The van der Waals surface area contributed by atoms with Crippen molar-refractivity contribution >= 4 is 11.4 Å². The fraction of sp³-hybridized carbons (Fsp3) is 0.273. The smallest absolute Gasteiger partial charge is 0.125 e. The number of allylic oxidation sites excluding steroid dienone is 1. The highest BCUT2D eigenvalue weighted by molar-refractivity contribution is 5.66. The molecule has 0 bridgehead atoms. The first kappa shape index (κ1) is 10.6. The SMILES string of the molecule is CC(C)=CCNc1cc(F)ccc1N. The van der Waals surface area contributed by atoms with E-state index in [-0.39, 0.29) is 5.82 Å². The number of benzene rings is 1. The molecular weight excluding hydrogens is 179 g/mol. The molecule has 0 aliphatic rings. The van der Waals surface area contributed by atoms with Gasteiger partial charge in [0.15, 0.2) is 0 Å². The average molecular weight is 194 g/mol. The number of anilines is 2. The first-order chi connectivity index (χ1) is 6.59. The molecule has 3 N–H and O–H groups in total. The molecule has 76 valence electrons. The molecule has 0 radical (unpaired) electrons. The van der Waals surface area contributed by atoms with Gasteiger partial charge in [0.05, 0.1) is 11.4 Å². The maximum atomic E-state index is 12.8. The van der Waals surface area contributed by atoms with E-state index in [2.05, 4.69) is 5.32 Å². The molecule has 0 fully saturated rings. The average Bonchev–Trinajstić information content (AvgIpc) is 2.10. The van der Waals surface area contributed by atoms with Crippen molar-refractivity contribution in [3.05, 3.63) is 35.7 Å². The summed E-state index contributed by atoms with van der Waals surface area (Å²) < 4.78 is 12.8. The molecule has 0 aromatic heterocycles. The lowest BCUT2D eigenvalue weighted by atomic mass is 10.2. The number of rotatable bonds is 3. The number of halogens is 1. The van der Waals surface area contributed by atoms with Gasteiger partial charge in [-0.1, -0.05) is 11.6 Å². The molecule has 3 heteroatoms. The summed E-state index contributed by atoms with van der Waals surface area (Å²) in [4.78, 5) is 0. The summed E-state index contributed by atoms with van der Waals surface area (Å²) >= 11 is 0. The highest BCUT2D eigenvalue weighted by Crippen LogP contribution is 2.18. The second-order valence-corrected chi connectivity index (χ2v) is 3.39. The van der Waals surface area contributed by atoms with Gasteiger partial charge in [-0.05, 0) is 32.0 Å². The predicted octanol–water partition coefficient (Wildman–Crippen LogP) is 2.79. The van der Waals surface area contributed by atoms with Crippen LogP contribution >= 0.6 is 0 Å². The van der Waals surface area contributed by atoms with E-state index in [1.165, 1.54) is 17.7 Å². The molecule has 0 saturated carbocycles. The molecule has 0 heterocycles. The van der Waals surface area contributed by atoms with Crippen LogP contribution in [0.15, 0.2) is 29.8 Å². The molecule has 1 aromatic carbocycles. The Balaban J connectivity index is 2.67. The molecule has 14 heavy (non-hydrogen) atoms. The summed E-state index contributed by atoms with van der Waals surface area (Å²) in [6.07, 6.45) is 2.02. The molecule has 0 amide bonds. The fourth-order valence-electron chi connectivity index (χ4n) is 1.05. The Bertz CT molecular complexity index is 341. The van der Waals surface area contributed by atoms with E-state index in [1.54, 1.807) is 6.07 Å². The van der Waals surface area contributed by atoms with E-state index in [0.29, 0.717) is 17.9 Å². The number of nitrogen functional groups attached to an aromatic ring is 1. The Kier molecular flexibility index (Phi) is 3.51. The van der Waals surface area contributed by atoms with Crippen molar-refractivity contribution in [2.24, 2.45) is 0 Å². The zero-order valence-corrected chi connectivity index (χ0v) is 8.47. The first-order valence-corrected chi connectivity index (χ1v) is 4.52. The monoisotopic (exact) mass is 194 g/mol. The highest BCUT2D eigenvalue weighted by atomic mass is 19.1. The minimum Gasteiger partial charge on any atom is -0.397 e. The van der Waals surface area contributed by atoms with Crippen LogP contribution in [0.25, 0.3) is 0 Å². The Morgan fingerprint density at radius 1 is 1.50 bits per heavy atom. The number of nitrogens with two attached hydrogens (primary N) is 1. The predicted molar refractivity (Wildman–Crippen MR) is 58.7 cm³/mol. The van der Waals surface area contributed by atoms with Gasteiger partial charge in [-0.3, -0.25) is 0 Å². The van der Waals surface area contributed by atoms with Crippen LogP contribution in [-0.2, 0) is 0 Å². The zero-order chi connectivity index (χ0) is 10.6. The number of nitrogens with one attached hydrogen (secondary N) is 1. The van der Waals surface area contributed by atoms with Crippen LogP contribution < -0.4 is 11.1 Å². The van der Waals surface area contributed by atoms with Gasteiger partial charge in [-0.25, -0.2) is 4.39 Å². The lowest BCUT2D eigenvalue weighted by Gasteiger charge is -2.07. The van der Waals surface area contributed by atoms with Gasteiger partial charge in [0, 0.05) is 6.54 Å². The Labute approximate surface area is 83.6 Å². The molecule has 0 spiro atoms. The Hall–Kier alpha value is -1.51. The molecule has 0 saturated heterocycles. The van der Waals surface area contributed by atoms with Gasteiger partial charge in [-0.15, -0.1) is 0 Å². The highest BCUT2D eigenvalue weighted by Gasteiger charge is 1.98. The van der Waals surface area contributed by atoms with Crippen molar-refractivity contribution in [3.8, 4) is 0 Å². The van der Waals surface area contributed by atoms with Crippen molar-refractivity contribution in [2.75, 3.05) is 17.6 Å². The van der Waals surface area contributed by atoms with Crippen LogP contribution in [0.2, 0.25) is 0 Å². The summed E-state index contributed by atoms with van der Waals surface area (Å²) in [7, 11) is 0. The van der Waals surface area contributed by atoms with Crippen molar-refractivity contribution in [1.29, 1.82) is 0 Å². The molecule has 0 aliphatic carbocycles. The summed E-state index contributed by atoms with van der Waals surface area (Å²) in [5.41, 5.74) is 8.08. The van der Waals surface area contributed by atoms with Crippen LogP contribution in [0.4, 0.5) is 15.8 Å². The third kappa shape index (κ3) is 3.09. The lowest BCUT2D eigenvalue weighted by molar-refractivity contribution is 0.628. The quantitative estimate of drug-likeness (QED) is 0.573. The van der Waals surface area contributed by atoms with Gasteiger partial charge in [-0.2, -0.15) is 0 Å². The second kappa shape index (κ2) is 4.65. The maximum absolute atomic E-state index is 12.8. The fourth-order valence-corrected chi connectivity index (χ4v) is 1.05. The minimum absolute atomic E-state index is 0.279. The van der Waals surface area contributed by atoms with E-state index in [1.807, 2.05) is 19.9 Å². The summed E-state index contributed by atoms with van der Waals surface area (Å²) in [5.74, 6) is -0.279. The van der Waals surface area contributed by atoms with E-state index in [0.717, 1.165) is 0 Å². The number of hydrogen-bond acceptors (Lipinski definition) is 2. The molecular formula is C11H15FN2. The normalized spacial score (nSPS) is 9.64. The largest absolute Gasteiger partial charge is 0.397 e. The van der Waals surface area contributed by atoms with Crippen LogP contribution in [0.1, 0.15) is 13.8 Å². The molecule has 1 aromatic rings. The number of hydrogen-bond donors (Lipinski definition) is 2. The molecule has 2 nitrogen and oxygen atoms in total. The topological polar surface area (TPSA) is 38.0 Å². The van der Waals surface area contributed by atoms with Crippen LogP contribution in [-0.4, -0.2) is 6.54 Å². The summed E-state index contributed by atoms with van der Waals surface area (Å²) in [6.45, 7) is 4.68. The third-order valence-corrected chi connectivity index (χ3v) is 1.82. The Morgan fingerprint density at radius 2 is 2.21 bits per heavy atom. The van der Waals surface area contributed by atoms with Crippen molar-refractivity contribution in [1.82, 2.24) is 0 Å². The van der Waals surface area contributed by atoms with Crippen LogP contribution in [0.5, 0.6) is 0 Å². The van der Waals surface area contributed by atoms with Crippen LogP contribution in [0, 0.1) is 5.82 Å². The maximum Gasteiger partial charge on any atom is 0.125 e. The zero-order valence-electron chi connectivity index (χ0n) is 8.47. The molecule has 0 aliphatic heterocycles. The van der Waals surface area contributed by atoms with E-state index < -0.39 is 0 Å². The van der Waals surface area contributed by atoms with Crippen molar-refractivity contribution < 1.29 is 4.39 Å². The van der Waals surface area contributed by atoms with Gasteiger partial charge < -0.3 is 11.1 Å².